The summed E-state index contributed by atoms with van der Waals surface area (Å²) in [5.41, 5.74) is 0. The Hall–Kier alpha value is -0.980. The van der Waals surface area contributed by atoms with E-state index >= 15 is 0 Å². The Morgan fingerprint density at radius 1 is 1.07 bits per heavy atom. The summed E-state index contributed by atoms with van der Waals surface area (Å²) in [7, 11) is -0.804. The fourth-order valence-electron chi connectivity index (χ4n) is 1.05. The van der Waals surface area contributed by atoms with Crippen LogP contribution in [-0.2, 0) is 0 Å². The lowest BCUT2D eigenvalue weighted by Gasteiger charge is -2.01. The second kappa shape index (κ2) is 6.47. The molecule has 0 unspecified atom stereocenters. The summed E-state index contributed by atoms with van der Waals surface area (Å²) in [6.45, 7) is 3.74. The summed E-state index contributed by atoms with van der Waals surface area (Å²) < 4.78 is 0. The zero-order valence-electron chi connectivity index (χ0n) is 8.26. The van der Waals surface area contributed by atoms with Gasteiger partial charge in [-0.25, -0.2) is 0 Å². The third-order valence-electron chi connectivity index (χ3n) is 1.47. The van der Waals surface area contributed by atoms with E-state index in [4.69, 9.17) is 0 Å². The van der Waals surface area contributed by atoms with Crippen LogP contribution in [0.2, 0.25) is 0 Å². The summed E-state index contributed by atoms with van der Waals surface area (Å²) >= 11 is 0. The molecule has 82 valence electrons. The maximum absolute atomic E-state index is 10.5. The van der Waals surface area contributed by atoms with Crippen molar-refractivity contribution in [2.75, 3.05) is 11.5 Å². The zero-order chi connectivity index (χ0) is 11.1. The van der Waals surface area contributed by atoms with Gasteiger partial charge in [-0.1, -0.05) is 13.8 Å². The molecule has 7 heteroatoms. The van der Waals surface area contributed by atoms with Gasteiger partial charge in [-0.3, -0.25) is 20.2 Å². The maximum atomic E-state index is 10.5. The molecule has 0 saturated heterocycles. The van der Waals surface area contributed by atoms with Crippen molar-refractivity contribution in [3.63, 3.8) is 0 Å². The van der Waals surface area contributed by atoms with Crippen LogP contribution in [0.5, 0.6) is 0 Å². The minimum absolute atomic E-state index is 0.533. The molecule has 0 atom stereocenters. The van der Waals surface area contributed by atoms with Crippen LogP contribution in [0.4, 0.5) is 0 Å². The van der Waals surface area contributed by atoms with Crippen molar-refractivity contribution < 1.29 is 9.85 Å². The summed E-state index contributed by atoms with van der Waals surface area (Å²) in [5, 5.41) is 20.2. The molecular weight excluding hydrogens is 208 g/mol. The Balaban J connectivity index is 5.03. The number of hydrogen-bond donors (Lipinski definition) is 0. The molecule has 0 aliphatic rings. The van der Waals surface area contributed by atoms with Gasteiger partial charge >= 0.3 is 5.11 Å². The van der Waals surface area contributed by atoms with E-state index < -0.39 is 25.4 Å². The van der Waals surface area contributed by atoms with Crippen LogP contribution in [-0.4, -0.2) is 26.5 Å². The molecule has 0 heterocycles. The normalized spacial score (nSPS) is 10.2. The van der Waals surface area contributed by atoms with Gasteiger partial charge in [-0.15, -0.1) is 0 Å². The van der Waals surface area contributed by atoms with Crippen LogP contribution in [0.3, 0.4) is 0 Å². The SMILES string of the molecule is CCCS(CCC)=C([N+](=O)[O-])[N+](=O)[O-]. The fraction of sp³-hybridized carbons (Fsp3) is 0.857. The van der Waals surface area contributed by atoms with Crippen LogP contribution in [0.25, 0.3) is 0 Å². The minimum Gasteiger partial charge on any atom is -0.253 e. The highest BCUT2D eigenvalue weighted by Gasteiger charge is 2.30. The van der Waals surface area contributed by atoms with Crippen molar-refractivity contribution in [3.05, 3.63) is 20.2 Å². The van der Waals surface area contributed by atoms with E-state index in [1.165, 1.54) is 0 Å². The predicted octanol–water partition coefficient (Wildman–Crippen LogP) is 1.72. The highest BCUT2D eigenvalue weighted by Crippen LogP contribution is 2.18. The first-order valence-corrected chi connectivity index (χ1v) is 5.94. The Morgan fingerprint density at radius 3 is 1.64 bits per heavy atom. The van der Waals surface area contributed by atoms with Crippen LogP contribution in [0.15, 0.2) is 0 Å². The molecular formula is C7H14N2O4S. The van der Waals surface area contributed by atoms with Gasteiger partial charge in [-0.05, 0) is 23.3 Å². The van der Waals surface area contributed by atoms with E-state index in [9.17, 15) is 20.2 Å². The van der Waals surface area contributed by atoms with E-state index in [0.29, 0.717) is 11.5 Å². The Labute approximate surface area is 84.5 Å². The van der Waals surface area contributed by atoms with Crippen molar-refractivity contribution in [2.45, 2.75) is 26.7 Å². The minimum atomic E-state index is -0.853. The molecule has 0 aliphatic heterocycles. The van der Waals surface area contributed by atoms with Gasteiger partial charge in [0, 0.05) is 11.5 Å². The number of nitro groups is 2. The van der Waals surface area contributed by atoms with E-state index in [2.05, 4.69) is 0 Å². The first-order chi connectivity index (χ1) is 6.54. The van der Waals surface area contributed by atoms with Gasteiger partial charge in [0.05, 0.1) is 0 Å². The van der Waals surface area contributed by atoms with Crippen molar-refractivity contribution in [2.24, 2.45) is 0 Å². The quantitative estimate of drug-likeness (QED) is 0.411. The molecule has 0 saturated carbocycles. The number of rotatable bonds is 4. The van der Waals surface area contributed by atoms with Crippen molar-refractivity contribution in [1.29, 1.82) is 0 Å². The highest BCUT2D eigenvalue weighted by atomic mass is 32.2. The first kappa shape index (κ1) is 13.0. The molecule has 14 heavy (non-hydrogen) atoms. The molecule has 0 aromatic rings. The standard InChI is InChI=1S/C7H14N2O4S/c1-3-5-14(6-4-2)7(8(10)11)9(12)13/h3-6H2,1-2H3. The molecule has 6 nitrogen and oxygen atoms in total. The van der Waals surface area contributed by atoms with Crippen LogP contribution in [0.1, 0.15) is 26.7 Å². The van der Waals surface area contributed by atoms with Gasteiger partial charge in [0.15, 0.2) is 0 Å². The lowest BCUT2D eigenvalue weighted by molar-refractivity contribution is -0.495. The van der Waals surface area contributed by atoms with Gasteiger partial charge in [0.1, 0.15) is 9.85 Å². The topological polar surface area (TPSA) is 86.3 Å². The van der Waals surface area contributed by atoms with Crippen molar-refractivity contribution in [1.82, 2.24) is 0 Å². The molecule has 0 aromatic heterocycles. The summed E-state index contributed by atoms with van der Waals surface area (Å²) in [4.78, 5) is 19.2. The second-order valence-corrected chi connectivity index (χ2v) is 4.87. The first-order valence-electron chi connectivity index (χ1n) is 4.37. The van der Waals surface area contributed by atoms with Gasteiger partial charge in [-0.2, -0.15) is 0 Å². The fourth-order valence-corrected chi connectivity index (χ4v) is 3.03. The molecule has 0 rings (SSSR count). The monoisotopic (exact) mass is 222 g/mol. The Bertz CT molecular complexity index is 240. The Kier molecular flexibility index (Phi) is 6.02. The summed E-state index contributed by atoms with van der Waals surface area (Å²) in [5.74, 6) is 1.07. The van der Waals surface area contributed by atoms with Gasteiger partial charge in [0.2, 0.25) is 0 Å². The van der Waals surface area contributed by atoms with Gasteiger partial charge in [0.25, 0.3) is 0 Å². The molecule has 0 amide bonds. The smallest absolute Gasteiger partial charge is 0.253 e. The molecule has 0 N–H and O–H groups in total. The number of nitrogens with zero attached hydrogens (tertiary/aromatic N) is 2. The zero-order valence-corrected chi connectivity index (χ0v) is 9.08. The van der Waals surface area contributed by atoms with Crippen molar-refractivity contribution >= 4 is 15.6 Å². The third kappa shape index (κ3) is 3.82. The largest absolute Gasteiger partial charge is 0.586 e. The maximum Gasteiger partial charge on any atom is 0.586 e. The Morgan fingerprint density at radius 2 is 1.43 bits per heavy atom. The molecule has 0 bridgehead atoms. The summed E-state index contributed by atoms with van der Waals surface area (Å²) in [6.07, 6.45) is 1.46. The molecule has 0 fully saturated rings. The molecule has 0 aromatic carbocycles. The molecule has 0 aliphatic carbocycles. The van der Waals surface area contributed by atoms with Crippen LogP contribution >= 0.6 is 10.5 Å². The molecule has 0 spiro atoms. The highest BCUT2D eigenvalue weighted by molar-refractivity contribution is 8.15. The van der Waals surface area contributed by atoms with Gasteiger partial charge < -0.3 is 0 Å². The van der Waals surface area contributed by atoms with Crippen LogP contribution in [0, 0.1) is 20.2 Å². The molecule has 0 radical (unpaired) electrons. The second-order valence-electron chi connectivity index (χ2n) is 2.70. The van der Waals surface area contributed by atoms with E-state index in [-0.39, 0.29) is 0 Å². The van der Waals surface area contributed by atoms with E-state index in [1.54, 1.807) is 0 Å². The third-order valence-corrected chi connectivity index (χ3v) is 4.09. The van der Waals surface area contributed by atoms with E-state index in [0.717, 1.165) is 12.8 Å². The average Bonchev–Trinajstić information content (AvgIpc) is 2.03. The van der Waals surface area contributed by atoms with Crippen LogP contribution < -0.4 is 0 Å². The predicted molar refractivity (Wildman–Crippen MR) is 56.9 cm³/mol. The summed E-state index contributed by atoms with van der Waals surface area (Å²) in [6, 6.07) is 0. The average molecular weight is 222 g/mol. The van der Waals surface area contributed by atoms with E-state index in [1.807, 2.05) is 13.8 Å². The lowest BCUT2D eigenvalue weighted by atomic mass is 10.6. The number of hydrogen-bond acceptors (Lipinski definition) is 4. The lowest BCUT2D eigenvalue weighted by Crippen LogP contribution is -2.23. The van der Waals surface area contributed by atoms with Crippen molar-refractivity contribution in [3.8, 4) is 0 Å².